The lowest BCUT2D eigenvalue weighted by molar-refractivity contribution is 0.467. The van der Waals surface area contributed by atoms with Gasteiger partial charge < -0.3 is 0 Å². The highest BCUT2D eigenvalue weighted by Gasteiger charge is 2.45. The fourth-order valence-corrected chi connectivity index (χ4v) is 10.1. The van der Waals surface area contributed by atoms with Crippen molar-refractivity contribution in [1.82, 2.24) is 4.48 Å². The van der Waals surface area contributed by atoms with E-state index in [0.717, 1.165) is 30.3 Å². The van der Waals surface area contributed by atoms with E-state index >= 15 is 0 Å². The molecule has 0 aliphatic heterocycles. The molecule has 0 atom stereocenters. The van der Waals surface area contributed by atoms with Crippen LogP contribution in [0.2, 0.25) is 0 Å². The molecule has 6 aromatic carbocycles. The van der Waals surface area contributed by atoms with Gasteiger partial charge in [0.05, 0.1) is 6.54 Å². The van der Waals surface area contributed by atoms with E-state index in [4.69, 9.17) is 0 Å². The van der Waals surface area contributed by atoms with Crippen LogP contribution in [0.25, 0.3) is 33.4 Å². The normalized spacial score (nSPS) is 13.3. The Balaban J connectivity index is 1.21. The van der Waals surface area contributed by atoms with Gasteiger partial charge in [0, 0.05) is 54.2 Å². The summed E-state index contributed by atoms with van der Waals surface area (Å²) in [5.74, 6) is 0. The van der Waals surface area contributed by atoms with Crippen LogP contribution >= 0.6 is 0 Å². The number of nitrogens with zero attached hydrogens (tertiary/aromatic N) is 1. The lowest BCUT2D eigenvalue weighted by atomic mass is 9.94. The van der Waals surface area contributed by atoms with Crippen molar-refractivity contribution < 1.29 is 0 Å². The Morgan fingerprint density at radius 3 is 1.06 bits per heavy atom. The first-order chi connectivity index (χ1) is 25.8. The molecule has 0 saturated heterocycles. The van der Waals surface area contributed by atoms with Crippen LogP contribution in [0.5, 0.6) is 0 Å². The van der Waals surface area contributed by atoms with Crippen LogP contribution in [-0.4, -0.2) is 6.54 Å². The number of rotatable bonds is 14. The summed E-state index contributed by atoms with van der Waals surface area (Å²) in [4.78, 5) is 0. The molecule has 1 heteroatoms. The molecule has 0 aromatic heterocycles. The maximum atomic E-state index is 2.50. The third-order valence-corrected chi connectivity index (χ3v) is 12.6. The number of benzene rings is 6. The second-order valence-electron chi connectivity index (χ2n) is 15.6. The molecule has 0 spiro atoms. The van der Waals surface area contributed by atoms with Crippen molar-refractivity contribution in [2.75, 3.05) is 6.54 Å². The molecule has 1 nitrogen and oxygen atoms in total. The molecular weight excluding hydrogens is 627 g/mol. The van der Waals surface area contributed by atoms with Crippen molar-refractivity contribution in [3.05, 3.63) is 161 Å². The fourth-order valence-electron chi connectivity index (χ4n) is 10.1. The van der Waals surface area contributed by atoms with E-state index in [9.17, 15) is 0 Å². The molecule has 9 rings (SSSR count). The molecule has 0 bridgehead atoms. The Kier molecular flexibility index (Phi) is 9.15. The van der Waals surface area contributed by atoms with Crippen LogP contribution in [0.15, 0.2) is 127 Å². The minimum atomic E-state index is 0.780. The predicted molar refractivity (Wildman–Crippen MR) is 222 cm³/mol. The van der Waals surface area contributed by atoms with Crippen LogP contribution in [0.1, 0.15) is 105 Å². The zero-order chi connectivity index (χ0) is 34.9. The summed E-state index contributed by atoms with van der Waals surface area (Å²) in [6.07, 6.45) is 16.4. The van der Waals surface area contributed by atoms with Crippen LogP contribution in [0.3, 0.4) is 0 Å². The maximum absolute atomic E-state index is 2.50. The van der Waals surface area contributed by atoms with Gasteiger partial charge in [-0.3, -0.25) is 0 Å². The highest BCUT2D eigenvalue weighted by Crippen LogP contribution is 2.57. The van der Waals surface area contributed by atoms with Gasteiger partial charge in [0.1, 0.15) is 17.1 Å². The first-order valence-electron chi connectivity index (χ1n) is 20.3. The third-order valence-electron chi connectivity index (χ3n) is 12.6. The Hall–Kier alpha value is -4.72. The lowest BCUT2D eigenvalue weighted by Gasteiger charge is -2.41. The summed E-state index contributed by atoms with van der Waals surface area (Å²) in [5.41, 5.74) is 21.8. The van der Waals surface area contributed by atoms with Gasteiger partial charge in [-0.05, 0) is 62.9 Å². The molecule has 3 aliphatic carbocycles. The van der Waals surface area contributed by atoms with Gasteiger partial charge in [0.2, 0.25) is 0 Å². The molecule has 0 unspecified atom stereocenters. The molecule has 0 N–H and O–H groups in total. The summed E-state index contributed by atoms with van der Waals surface area (Å²) in [6.45, 7) is 3.37. The van der Waals surface area contributed by atoms with Crippen LogP contribution < -0.4 is 4.48 Å². The monoisotopic (exact) mass is 678 g/mol. The van der Waals surface area contributed by atoms with E-state index in [-0.39, 0.29) is 0 Å². The molecule has 0 radical (unpaired) electrons. The maximum Gasteiger partial charge on any atom is 0.147 e. The van der Waals surface area contributed by atoms with Gasteiger partial charge in [-0.2, -0.15) is 0 Å². The Morgan fingerprint density at radius 2 is 0.673 bits per heavy atom. The average Bonchev–Trinajstić information content (AvgIpc) is 3.89. The summed E-state index contributed by atoms with van der Waals surface area (Å²) in [7, 11) is 0. The molecule has 52 heavy (non-hydrogen) atoms. The number of unbranched alkanes of at least 4 members (excludes halogenated alkanes) is 9. The van der Waals surface area contributed by atoms with Crippen molar-refractivity contribution >= 4 is 17.1 Å². The SMILES string of the molecule is CCCCCCCCCCCC[N+](c1cccc2c1Cc1ccccc1-2)(c1cccc2c1Cc1ccccc1-2)c1cccc2c1Cc1ccccc1-2. The van der Waals surface area contributed by atoms with Gasteiger partial charge in [-0.25, -0.2) is 4.48 Å². The van der Waals surface area contributed by atoms with E-state index in [1.165, 1.54) is 148 Å². The molecule has 0 saturated carbocycles. The van der Waals surface area contributed by atoms with Gasteiger partial charge in [-0.1, -0.05) is 167 Å². The van der Waals surface area contributed by atoms with E-state index in [2.05, 4.69) is 134 Å². The summed E-state index contributed by atoms with van der Waals surface area (Å²) >= 11 is 0. The second kappa shape index (κ2) is 14.4. The number of quaternary nitrogens is 1. The van der Waals surface area contributed by atoms with Crippen molar-refractivity contribution in [3.63, 3.8) is 0 Å². The summed E-state index contributed by atoms with van der Waals surface area (Å²) in [6, 6.07) is 49.1. The number of fused-ring (bicyclic) bond motifs is 9. The Morgan fingerprint density at radius 1 is 0.346 bits per heavy atom. The van der Waals surface area contributed by atoms with Gasteiger partial charge in [0.25, 0.3) is 0 Å². The van der Waals surface area contributed by atoms with Crippen molar-refractivity contribution in [3.8, 4) is 33.4 Å². The first-order valence-corrected chi connectivity index (χ1v) is 20.3. The zero-order valence-corrected chi connectivity index (χ0v) is 31.0. The molecule has 0 heterocycles. The number of hydrogen-bond acceptors (Lipinski definition) is 0. The van der Waals surface area contributed by atoms with Crippen LogP contribution in [-0.2, 0) is 19.3 Å². The van der Waals surface area contributed by atoms with Crippen molar-refractivity contribution in [2.45, 2.75) is 90.4 Å². The standard InChI is InChI=1S/C51H52N/c1-2-3-4-5-6-7-8-9-10-17-33-52(49-30-18-27-43-40-24-14-11-21-37(40)34-46(43)49,50-31-19-28-44-41-25-15-12-22-38(41)35-47(44)50)51-32-20-29-45-42-26-16-13-23-39(42)36-48(45)51/h11-16,18-32H,2-10,17,33-36H2,1H3/q+1. The molecule has 3 aliphatic rings. The fraction of sp³-hybridized carbons (Fsp3) is 0.294. The van der Waals surface area contributed by atoms with E-state index in [0.29, 0.717) is 0 Å². The molecule has 0 fully saturated rings. The lowest BCUT2D eigenvalue weighted by Crippen LogP contribution is -2.42. The van der Waals surface area contributed by atoms with Crippen molar-refractivity contribution in [2.24, 2.45) is 0 Å². The van der Waals surface area contributed by atoms with E-state index < -0.39 is 0 Å². The van der Waals surface area contributed by atoms with Crippen LogP contribution in [0, 0.1) is 0 Å². The Bertz CT molecular complexity index is 2000. The summed E-state index contributed by atoms with van der Waals surface area (Å²) < 4.78 is 0.780. The quantitative estimate of drug-likeness (QED) is 0.0793. The highest BCUT2D eigenvalue weighted by molar-refractivity contribution is 5.92. The predicted octanol–water partition coefficient (Wildman–Crippen LogP) is 14.3. The van der Waals surface area contributed by atoms with E-state index in [1.54, 1.807) is 0 Å². The highest BCUT2D eigenvalue weighted by atomic mass is 15.4. The summed E-state index contributed by atoms with van der Waals surface area (Å²) in [5, 5.41) is 0. The Labute approximate surface area is 311 Å². The van der Waals surface area contributed by atoms with E-state index in [1.807, 2.05) is 0 Å². The largest absolute Gasteiger partial charge is 0.226 e. The molecular formula is C51H52N+. The third kappa shape index (κ3) is 5.66. The molecule has 260 valence electrons. The minimum absolute atomic E-state index is 0.780. The van der Waals surface area contributed by atoms with Crippen LogP contribution in [0.4, 0.5) is 17.1 Å². The topological polar surface area (TPSA) is 0 Å². The molecule has 0 amide bonds. The van der Waals surface area contributed by atoms with Gasteiger partial charge in [-0.15, -0.1) is 0 Å². The van der Waals surface area contributed by atoms with Crippen molar-refractivity contribution in [1.29, 1.82) is 0 Å². The molecule has 6 aromatic rings. The zero-order valence-electron chi connectivity index (χ0n) is 31.0. The first kappa shape index (κ1) is 33.1. The van der Waals surface area contributed by atoms with Gasteiger partial charge >= 0.3 is 0 Å². The minimum Gasteiger partial charge on any atom is -0.226 e. The second-order valence-corrected chi connectivity index (χ2v) is 15.6. The smallest absolute Gasteiger partial charge is 0.147 e. The average molecular weight is 679 g/mol. The number of hydrogen-bond donors (Lipinski definition) is 0. The van der Waals surface area contributed by atoms with Gasteiger partial charge in [0.15, 0.2) is 0 Å².